The van der Waals surface area contributed by atoms with Gasteiger partial charge in [0.05, 0.1) is 0 Å². The summed E-state index contributed by atoms with van der Waals surface area (Å²) in [4.78, 5) is 42.0. The van der Waals surface area contributed by atoms with Gasteiger partial charge in [-0.3, -0.25) is 14.5 Å². The number of urea groups is 1. The van der Waals surface area contributed by atoms with Gasteiger partial charge in [-0.1, -0.05) is 38.5 Å². The highest BCUT2D eigenvalue weighted by atomic mass is 16.2. The van der Waals surface area contributed by atoms with E-state index in [9.17, 15) is 14.4 Å². The Morgan fingerprint density at radius 1 is 1.24 bits per heavy atom. The molecule has 3 aliphatic rings. The van der Waals surface area contributed by atoms with E-state index in [1.54, 1.807) is 4.90 Å². The molecule has 4 rings (SSSR count). The summed E-state index contributed by atoms with van der Waals surface area (Å²) in [6, 6.07) is 5.65. The van der Waals surface area contributed by atoms with Gasteiger partial charge in [0.15, 0.2) is 0 Å². The molecule has 0 radical (unpaired) electrons. The van der Waals surface area contributed by atoms with Crippen LogP contribution in [0, 0.1) is 18.3 Å². The minimum atomic E-state index is -0.866. The number of anilines is 1. The van der Waals surface area contributed by atoms with Gasteiger partial charge in [-0.05, 0) is 62.0 Å². The van der Waals surface area contributed by atoms with Crippen molar-refractivity contribution in [2.45, 2.75) is 65.3 Å². The van der Waals surface area contributed by atoms with Crippen molar-refractivity contribution in [2.24, 2.45) is 11.3 Å². The summed E-state index contributed by atoms with van der Waals surface area (Å²) in [6.07, 6.45) is 4.11. The normalized spacial score (nSPS) is 28.5. The van der Waals surface area contributed by atoms with Crippen LogP contribution in [0.25, 0.3) is 0 Å². The lowest BCUT2D eigenvalue weighted by Crippen LogP contribution is -2.54. The molecule has 1 spiro atoms. The first kappa shape index (κ1) is 19.9. The van der Waals surface area contributed by atoms with Crippen LogP contribution >= 0.6 is 0 Å². The van der Waals surface area contributed by atoms with Crippen molar-refractivity contribution in [3.05, 3.63) is 29.3 Å². The number of fused-ring (bicyclic) bond motifs is 1. The summed E-state index contributed by atoms with van der Waals surface area (Å²) in [6.45, 7) is 8.87. The number of hydrogen-bond acceptors (Lipinski definition) is 3. The van der Waals surface area contributed by atoms with E-state index in [-0.39, 0.29) is 23.8 Å². The third-order valence-electron chi connectivity index (χ3n) is 6.57. The molecule has 0 aromatic heterocycles. The van der Waals surface area contributed by atoms with Crippen LogP contribution in [0.1, 0.15) is 57.6 Å². The zero-order chi connectivity index (χ0) is 21.0. The van der Waals surface area contributed by atoms with E-state index in [1.165, 1.54) is 5.56 Å². The van der Waals surface area contributed by atoms with Crippen molar-refractivity contribution < 1.29 is 14.4 Å². The molecular weight excluding hydrogens is 366 g/mol. The van der Waals surface area contributed by atoms with Crippen molar-refractivity contribution in [3.8, 4) is 0 Å². The van der Waals surface area contributed by atoms with Gasteiger partial charge in [0.1, 0.15) is 12.1 Å². The van der Waals surface area contributed by atoms with Crippen LogP contribution in [0.15, 0.2) is 18.2 Å². The van der Waals surface area contributed by atoms with Gasteiger partial charge in [0.25, 0.3) is 5.91 Å². The molecule has 29 heavy (non-hydrogen) atoms. The summed E-state index contributed by atoms with van der Waals surface area (Å²) >= 11 is 0. The molecule has 6 nitrogen and oxygen atoms in total. The average Bonchev–Trinajstić information content (AvgIpc) is 2.82. The first-order valence-corrected chi connectivity index (χ1v) is 10.6. The lowest BCUT2D eigenvalue weighted by atomic mass is 9.64. The minimum Gasteiger partial charge on any atom is -0.323 e. The monoisotopic (exact) mass is 397 g/mol. The Morgan fingerprint density at radius 3 is 2.72 bits per heavy atom. The van der Waals surface area contributed by atoms with Crippen molar-refractivity contribution in [2.75, 3.05) is 18.0 Å². The number of amides is 4. The highest BCUT2D eigenvalue weighted by Gasteiger charge is 2.56. The molecule has 0 unspecified atom stereocenters. The molecule has 1 aliphatic carbocycles. The lowest BCUT2D eigenvalue weighted by Gasteiger charge is -2.43. The lowest BCUT2D eigenvalue weighted by molar-refractivity contribution is -0.137. The molecular formula is C23H31N3O3. The molecule has 1 saturated heterocycles. The predicted octanol–water partition coefficient (Wildman–Crippen LogP) is 3.41. The first-order chi connectivity index (χ1) is 13.6. The van der Waals surface area contributed by atoms with Gasteiger partial charge in [-0.2, -0.15) is 0 Å². The van der Waals surface area contributed by atoms with Crippen molar-refractivity contribution >= 4 is 23.5 Å². The summed E-state index contributed by atoms with van der Waals surface area (Å²) in [5.74, 6) is -0.0917. The second kappa shape index (κ2) is 6.85. The van der Waals surface area contributed by atoms with Crippen LogP contribution in [-0.4, -0.2) is 41.4 Å². The third-order valence-corrected chi connectivity index (χ3v) is 6.57. The predicted molar refractivity (Wildman–Crippen MR) is 112 cm³/mol. The highest BCUT2D eigenvalue weighted by molar-refractivity contribution is 6.10. The summed E-state index contributed by atoms with van der Waals surface area (Å²) in [5, 5.41) is 2.96. The Morgan fingerprint density at radius 2 is 2.00 bits per heavy atom. The van der Waals surface area contributed by atoms with Gasteiger partial charge >= 0.3 is 6.03 Å². The van der Waals surface area contributed by atoms with E-state index < -0.39 is 11.6 Å². The number of benzene rings is 1. The number of hydrogen-bond donors (Lipinski definition) is 1. The average molecular weight is 398 g/mol. The molecule has 1 aromatic carbocycles. The van der Waals surface area contributed by atoms with E-state index in [0.29, 0.717) is 25.3 Å². The van der Waals surface area contributed by atoms with Gasteiger partial charge in [0.2, 0.25) is 5.91 Å². The fraction of sp³-hybridized carbons (Fsp3) is 0.609. The van der Waals surface area contributed by atoms with Crippen LogP contribution in [0.5, 0.6) is 0 Å². The smallest absolute Gasteiger partial charge is 0.323 e. The maximum absolute atomic E-state index is 13.3. The van der Waals surface area contributed by atoms with Crippen LogP contribution in [0.3, 0.4) is 0 Å². The molecule has 1 N–H and O–H groups in total. The minimum absolute atomic E-state index is 0.0235. The van der Waals surface area contributed by atoms with Crippen molar-refractivity contribution in [3.63, 3.8) is 0 Å². The number of aryl methyl sites for hydroxylation is 2. The topological polar surface area (TPSA) is 69.7 Å². The summed E-state index contributed by atoms with van der Waals surface area (Å²) in [5.41, 5.74) is 2.34. The van der Waals surface area contributed by atoms with Crippen LogP contribution < -0.4 is 10.2 Å². The van der Waals surface area contributed by atoms with Crippen LogP contribution in [0.4, 0.5) is 10.5 Å². The molecule has 156 valence electrons. The Labute approximate surface area is 172 Å². The molecule has 2 aliphatic heterocycles. The van der Waals surface area contributed by atoms with Crippen molar-refractivity contribution in [1.29, 1.82) is 0 Å². The Balaban J connectivity index is 1.54. The molecule has 1 aromatic rings. The number of carbonyl (C=O) groups is 3. The van der Waals surface area contributed by atoms with Crippen LogP contribution in [-0.2, 0) is 16.0 Å². The number of imide groups is 1. The molecule has 0 bridgehead atoms. The standard InChI is InChI=1S/C23H31N3O3/c1-15-7-8-18-17(10-15)6-5-9-25(18)19(27)13-26-20(28)23(24-21(26)29)12-16(2)11-22(3,4)14-23/h7-8,10,16H,5-6,9,11-14H2,1-4H3,(H,24,29)/t16-,23-/m1/s1. The summed E-state index contributed by atoms with van der Waals surface area (Å²) < 4.78 is 0. The van der Waals surface area contributed by atoms with E-state index >= 15 is 0 Å². The van der Waals surface area contributed by atoms with Gasteiger partial charge in [0, 0.05) is 12.2 Å². The van der Waals surface area contributed by atoms with E-state index in [0.717, 1.165) is 35.4 Å². The fourth-order valence-corrected chi connectivity index (χ4v) is 5.86. The van der Waals surface area contributed by atoms with Crippen LogP contribution in [0.2, 0.25) is 0 Å². The molecule has 2 fully saturated rings. The number of carbonyl (C=O) groups excluding carboxylic acids is 3. The molecule has 2 atom stereocenters. The number of nitrogens with one attached hydrogen (secondary N) is 1. The second-order valence-corrected chi connectivity index (χ2v) is 10.0. The Hall–Kier alpha value is -2.37. The fourth-order valence-electron chi connectivity index (χ4n) is 5.86. The Kier molecular flexibility index (Phi) is 4.71. The quantitative estimate of drug-likeness (QED) is 0.778. The second-order valence-electron chi connectivity index (χ2n) is 10.0. The molecule has 6 heteroatoms. The molecule has 2 heterocycles. The van der Waals surface area contributed by atoms with Gasteiger partial charge < -0.3 is 10.2 Å². The molecule has 4 amide bonds. The third kappa shape index (κ3) is 3.53. The largest absolute Gasteiger partial charge is 0.325 e. The van der Waals surface area contributed by atoms with E-state index in [4.69, 9.17) is 0 Å². The zero-order valence-corrected chi connectivity index (χ0v) is 17.9. The van der Waals surface area contributed by atoms with Gasteiger partial charge in [-0.15, -0.1) is 0 Å². The maximum Gasteiger partial charge on any atom is 0.325 e. The van der Waals surface area contributed by atoms with E-state index in [1.807, 2.05) is 19.1 Å². The first-order valence-electron chi connectivity index (χ1n) is 10.6. The number of rotatable bonds is 2. The highest BCUT2D eigenvalue weighted by Crippen LogP contribution is 2.46. The summed E-state index contributed by atoms with van der Waals surface area (Å²) in [7, 11) is 0. The molecule has 1 saturated carbocycles. The Bertz CT molecular complexity index is 878. The van der Waals surface area contributed by atoms with Crippen molar-refractivity contribution in [1.82, 2.24) is 10.2 Å². The number of nitrogens with zero attached hydrogens (tertiary/aromatic N) is 2. The van der Waals surface area contributed by atoms with Gasteiger partial charge in [-0.25, -0.2) is 4.79 Å². The maximum atomic E-state index is 13.3. The zero-order valence-electron chi connectivity index (χ0n) is 17.9. The van der Waals surface area contributed by atoms with E-state index in [2.05, 4.69) is 32.2 Å². The SMILES string of the molecule is Cc1ccc2c(c1)CCCN2C(=O)CN1C(=O)N[C@@]2(C[C@H](C)CC(C)(C)C2)C1=O.